The van der Waals surface area contributed by atoms with E-state index in [4.69, 9.17) is 9.52 Å². The van der Waals surface area contributed by atoms with E-state index in [0.29, 0.717) is 19.6 Å². The normalized spacial score (nSPS) is 12.4. The minimum atomic E-state index is -0.847. The fraction of sp³-hybridized carbons (Fsp3) is 0.571. The molecule has 20 heavy (non-hydrogen) atoms. The van der Waals surface area contributed by atoms with Gasteiger partial charge < -0.3 is 14.4 Å². The summed E-state index contributed by atoms with van der Waals surface area (Å²) in [7, 11) is 1.71. The summed E-state index contributed by atoms with van der Waals surface area (Å²) >= 11 is 0. The zero-order valence-electron chi connectivity index (χ0n) is 12.2. The lowest BCUT2D eigenvalue weighted by Gasteiger charge is -2.24. The Labute approximate surface area is 119 Å². The van der Waals surface area contributed by atoms with E-state index in [9.17, 15) is 9.59 Å². The first kappa shape index (κ1) is 16.2. The van der Waals surface area contributed by atoms with Crippen molar-refractivity contribution in [2.24, 2.45) is 5.92 Å². The Kier molecular flexibility index (Phi) is 6.24. The average molecular weight is 282 g/mol. The van der Waals surface area contributed by atoms with Crippen LogP contribution in [0.4, 0.5) is 0 Å². The van der Waals surface area contributed by atoms with Gasteiger partial charge in [0.1, 0.15) is 5.76 Å². The molecule has 112 valence electrons. The molecule has 1 atom stereocenters. The summed E-state index contributed by atoms with van der Waals surface area (Å²) in [5.41, 5.74) is 0. The van der Waals surface area contributed by atoms with E-state index >= 15 is 0 Å². The molecule has 1 aromatic heterocycles. The van der Waals surface area contributed by atoms with Crippen molar-refractivity contribution < 1.29 is 19.1 Å². The van der Waals surface area contributed by atoms with Gasteiger partial charge in [-0.25, -0.2) is 0 Å². The molecule has 1 rings (SSSR count). The predicted octanol–water partition coefficient (Wildman–Crippen LogP) is 1.28. The molecule has 0 saturated heterocycles. The lowest BCUT2D eigenvalue weighted by atomic mass is 10.1. The third-order valence-corrected chi connectivity index (χ3v) is 3.16. The topological polar surface area (TPSA) is 74.0 Å². The smallest absolute Gasteiger partial charge is 0.307 e. The molecule has 0 radical (unpaired) electrons. The predicted molar refractivity (Wildman–Crippen MR) is 74.1 cm³/mol. The number of hydrogen-bond donors (Lipinski definition) is 1. The van der Waals surface area contributed by atoms with E-state index < -0.39 is 11.9 Å². The molecular formula is C14H22N2O4. The van der Waals surface area contributed by atoms with Gasteiger partial charge in [0.15, 0.2) is 0 Å². The molecule has 1 aromatic rings. The number of rotatable bonds is 8. The fourth-order valence-electron chi connectivity index (χ4n) is 1.81. The van der Waals surface area contributed by atoms with Crippen LogP contribution >= 0.6 is 0 Å². The molecule has 6 heteroatoms. The van der Waals surface area contributed by atoms with E-state index in [2.05, 4.69) is 0 Å². The molecule has 0 saturated carbocycles. The Morgan fingerprint density at radius 1 is 1.45 bits per heavy atom. The van der Waals surface area contributed by atoms with E-state index in [0.717, 1.165) is 5.76 Å². The van der Waals surface area contributed by atoms with Crippen molar-refractivity contribution in [3.05, 3.63) is 24.2 Å². The maximum atomic E-state index is 12.1. The van der Waals surface area contributed by atoms with Gasteiger partial charge in [0.25, 0.3) is 0 Å². The zero-order chi connectivity index (χ0) is 15.1. The Balaban J connectivity index is 2.47. The third kappa shape index (κ3) is 5.05. The quantitative estimate of drug-likeness (QED) is 0.777. The molecule has 0 aliphatic heterocycles. The minimum Gasteiger partial charge on any atom is -0.481 e. The fourth-order valence-corrected chi connectivity index (χ4v) is 1.81. The van der Waals surface area contributed by atoms with E-state index in [1.807, 2.05) is 17.9 Å². The summed E-state index contributed by atoms with van der Waals surface area (Å²) in [6.07, 6.45) is 1.57. The van der Waals surface area contributed by atoms with Crippen molar-refractivity contribution in [1.82, 2.24) is 9.80 Å². The molecule has 0 fully saturated rings. The SMILES string of the molecule is CCN(CC(=O)N(C)Cc1ccco1)CC(C)C(=O)O. The third-order valence-electron chi connectivity index (χ3n) is 3.16. The summed E-state index contributed by atoms with van der Waals surface area (Å²) in [4.78, 5) is 26.3. The van der Waals surface area contributed by atoms with Crippen LogP contribution in [0.5, 0.6) is 0 Å². The first-order chi connectivity index (χ1) is 9.43. The van der Waals surface area contributed by atoms with Crippen LogP contribution in [0.25, 0.3) is 0 Å². The van der Waals surface area contributed by atoms with Gasteiger partial charge in [-0.1, -0.05) is 13.8 Å². The highest BCUT2D eigenvalue weighted by Crippen LogP contribution is 2.05. The van der Waals surface area contributed by atoms with Crippen molar-refractivity contribution >= 4 is 11.9 Å². The Hall–Kier alpha value is -1.82. The molecule has 0 aliphatic carbocycles. The van der Waals surface area contributed by atoms with E-state index in [1.165, 1.54) is 0 Å². The highest BCUT2D eigenvalue weighted by atomic mass is 16.4. The number of aliphatic carboxylic acids is 1. The van der Waals surface area contributed by atoms with Crippen molar-refractivity contribution in [2.45, 2.75) is 20.4 Å². The van der Waals surface area contributed by atoms with Gasteiger partial charge in [0.05, 0.1) is 25.3 Å². The van der Waals surface area contributed by atoms with Gasteiger partial charge >= 0.3 is 5.97 Å². The number of carbonyl (C=O) groups excluding carboxylic acids is 1. The monoisotopic (exact) mass is 282 g/mol. The Morgan fingerprint density at radius 2 is 2.15 bits per heavy atom. The first-order valence-corrected chi connectivity index (χ1v) is 6.65. The van der Waals surface area contributed by atoms with E-state index in [-0.39, 0.29) is 12.5 Å². The van der Waals surface area contributed by atoms with Gasteiger partial charge in [-0.3, -0.25) is 14.5 Å². The van der Waals surface area contributed by atoms with Gasteiger partial charge in [-0.2, -0.15) is 0 Å². The number of hydrogen-bond acceptors (Lipinski definition) is 4. The van der Waals surface area contributed by atoms with Crippen LogP contribution in [-0.2, 0) is 16.1 Å². The molecule has 1 heterocycles. The molecular weight excluding hydrogens is 260 g/mol. The second-order valence-corrected chi connectivity index (χ2v) is 4.90. The second kappa shape index (κ2) is 7.69. The minimum absolute atomic E-state index is 0.0548. The summed E-state index contributed by atoms with van der Waals surface area (Å²) in [5.74, 6) is -0.665. The second-order valence-electron chi connectivity index (χ2n) is 4.90. The highest BCUT2D eigenvalue weighted by Gasteiger charge is 2.19. The summed E-state index contributed by atoms with van der Waals surface area (Å²) in [5, 5.41) is 8.91. The van der Waals surface area contributed by atoms with Crippen molar-refractivity contribution in [3.63, 3.8) is 0 Å². The zero-order valence-corrected chi connectivity index (χ0v) is 12.2. The number of carboxylic acids is 1. The van der Waals surface area contributed by atoms with E-state index in [1.54, 1.807) is 31.2 Å². The lowest BCUT2D eigenvalue weighted by Crippen LogP contribution is -2.40. The first-order valence-electron chi connectivity index (χ1n) is 6.65. The van der Waals surface area contributed by atoms with Crippen LogP contribution in [0.3, 0.4) is 0 Å². The lowest BCUT2D eigenvalue weighted by molar-refractivity contribution is -0.142. The van der Waals surface area contributed by atoms with Crippen LogP contribution in [-0.4, -0.2) is 53.5 Å². The van der Waals surface area contributed by atoms with Gasteiger partial charge in [0, 0.05) is 13.6 Å². The standard InChI is InChI=1S/C14H22N2O4/c1-4-16(8-11(2)14(18)19)10-13(17)15(3)9-12-6-5-7-20-12/h5-7,11H,4,8-10H2,1-3H3,(H,18,19). The van der Waals surface area contributed by atoms with Gasteiger partial charge in [-0.15, -0.1) is 0 Å². The van der Waals surface area contributed by atoms with Crippen molar-refractivity contribution in [1.29, 1.82) is 0 Å². The number of nitrogens with zero attached hydrogens (tertiary/aromatic N) is 2. The number of likely N-dealkylation sites (N-methyl/N-ethyl adjacent to an activating group) is 2. The van der Waals surface area contributed by atoms with Crippen molar-refractivity contribution in [3.8, 4) is 0 Å². The number of amides is 1. The summed E-state index contributed by atoms with van der Waals surface area (Å²) in [6.45, 7) is 5.18. The highest BCUT2D eigenvalue weighted by molar-refractivity contribution is 5.78. The molecule has 1 amide bonds. The molecule has 0 aliphatic rings. The average Bonchev–Trinajstić information content (AvgIpc) is 2.90. The van der Waals surface area contributed by atoms with Crippen LogP contribution in [0.15, 0.2) is 22.8 Å². The Bertz CT molecular complexity index is 430. The Morgan fingerprint density at radius 3 is 2.65 bits per heavy atom. The van der Waals surface area contributed by atoms with Crippen LogP contribution in [0.1, 0.15) is 19.6 Å². The molecule has 1 unspecified atom stereocenters. The summed E-state index contributed by atoms with van der Waals surface area (Å²) in [6, 6.07) is 3.59. The largest absolute Gasteiger partial charge is 0.481 e. The maximum absolute atomic E-state index is 12.1. The van der Waals surface area contributed by atoms with Crippen LogP contribution < -0.4 is 0 Å². The molecule has 0 bridgehead atoms. The molecule has 0 aromatic carbocycles. The number of furan rings is 1. The number of carbonyl (C=O) groups is 2. The molecule has 6 nitrogen and oxygen atoms in total. The van der Waals surface area contributed by atoms with Crippen molar-refractivity contribution in [2.75, 3.05) is 26.7 Å². The van der Waals surface area contributed by atoms with Crippen LogP contribution in [0, 0.1) is 5.92 Å². The van der Waals surface area contributed by atoms with Gasteiger partial charge in [0.2, 0.25) is 5.91 Å². The maximum Gasteiger partial charge on any atom is 0.307 e. The molecule has 0 spiro atoms. The summed E-state index contributed by atoms with van der Waals surface area (Å²) < 4.78 is 5.20. The van der Waals surface area contributed by atoms with Gasteiger partial charge in [-0.05, 0) is 18.7 Å². The van der Waals surface area contributed by atoms with Crippen LogP contribution in [0.2, 0.25) is 0 Å². The number of carboxylic acid groups (broad SMARTS) is 1. The molecule has 1 N–H and O–H groups in total.